The Morgan fingerprint density at radius 3 is 0.267 bits per heavy atom. The topological polar surface area (TPSA) is 490 Å². The van der Waals surface area contributed by atoms with E-state index < -0.39 is 0 Å². The minimum Gasteiger partial charge on any atom is -0.344 e. The number of rotatable bonds is 0. The van der Waals surface area contributed by atoms with Crippen LogP contribution in [0.5, 0.6) is 0 Å². The highest BCUT2D eigenvalue weighted by atomic mass is 14.0. The van der Waals surface area contributed by atoms with Gasteiger partial charge in [-0.2, -0.15) is 0 Å². The van der Waals surface area contributed by atoms with Gasteiger partial charge in [-0.1, -0.05) is 7.43 Å². The molecule has 120 valence electrons. The minimum atomic E-state index is 0. The molecular formula is CH46N14. The van der Waals surface area contributed by atoms with E-state index in [0.29, 0.717) is 0 Å². The van der Waals surface area contributed by atoms with Crippen LogP contribution in [-0.4, -0.2) is 0 Å². The van der Waals surface area contributed by atoms with Crippen molar-refractivity contribution in [1.29, 1.82) is 0 Å². The van der Waals surface area contributed by atoms with Gasteiger partial charge in [0.15, 0.2) is 0 Å². The largest absolute Gasteiger partial charge is 0.344 e. The van der Waals surface area contributed by atoms with Crippen molar-refractivity contribution in [3.8, 4) is 0 Å². The summed E-state index contributed by atoms with van der Waals surface area (Å²) >= 11 is 0. The quantitative estimate of drug-likeness (QED) is 0.300. The molecule has 14 nitrogen and oxygen atoms in total. The monoisotopic (exact) mass is 268 g/mol. The highest BCUT2D eigenvalue weighted by Crippen LogP contribution is 0.144. The molecule has 0 aromatic heterocycles. The van der Waals surface area contributed by atoms with E-state index in [0.717, 1.165) is 0 Å². The van der Waals surface area contributed by atoms with E-state index in [1.807, 2.05) is 0 Å². The van der Waals surface area contributed by atoms with E-state index in [4.69, 9.17) is 19.8 Å². The summed E-state index contributed by atoms with van der Waals surface area (Å²) in [6.45, 7) is 0. The van der Waals surface area contributed by atoms with Crippen molar-refractivity contribution in [2.75, 3.05) is 0 Å². The second-order valence-corrected chi connectivity index (χ2v) is 0. The average Bonchev–Trinajstić information content (AvgIpc) is 2.95. The lowest BCUT2D eigenvalue weighted by molar-refractivity contribution is 2.13. The third kappa shape index (κ3) is 5610. The van der Waals surface area contributed by atoms with E-state index in [2.05, 4.69) is 86.0 Å². The van der Waals surface area contributed by atoms with Gasteiger partial charge in [0, 0.05) is 0 Å². The second-order valence-electron chi connectivity index (χ2n) is 0. The third-order valence-corrected chi connectivity index (χ3v) is 0. The minimum absolute atomic E-state index is 0. The molecule has 14 heteroatoms. The van der Waals surface area contributed by atoms with Crippen LogP contribution in [-0.2, 0) is 0 Å². The van der Waals surface area contributed by atoms with Crippen molar-refractivity contribution < 1.29 is 19.8 Å². The van der Waals surface area contributed by atoms with Crippen LogP contribution in [0.4, 0.5) is 0 Å². The predicted octanol–water partition coefficient (Wildman–Crippen LogP) is 2.90. The third-order valence-electron chi connectivity index (χ3n) is 0. The molecule has 0 unspecified atom stereocenters. The van der Waals surface area contributed by atoms with Crippen LogP contribution in [0.25, 0.3) is 0 Å². The SMILES string of the molecule is C.[2H]N.[2H]N.[2H]N.[2H]N.[2H]N.[2H]N.[2H]N.[2H]N.[2H]N.[2H]N.[2H]N.[2H]N.[2H]N.[2H]N. The molecule has 0 spiro atoms. The summed E-state index contributed by atoms with van der Waals surface area (Å²) in [5.74, 6) is 0. The Balaban J connectivity index is -0.00000000558. The summed E-state index contributed by atoms with van der Waals surface area (Å²) < 4.78 is 73.5. The highest BCUT2D eigenvalue weighted by molar-refractivity contribution is 2.50. The molecule has 0 aromatic rings. The lowest BCUT2D eigenvalue weighted by atomic mass is 12.0. The van der Waals surface area contributed by atoms with Crippen molar-refractivity contribution in [2.24, 2.45) is 0 Å². The van der Waals surface area contributed by atoms with Gasteiger partial charge in [0.05, 0.1) is 0 Å². The van der Waals surface area contributed by atoms with E-state index in [1.165, 1.54) is 0 Å². The zero-order valence-electron chi connectivity index (χ0n) is 22.1. The maximum atomic E-state index is 5.25. The van der Waals surface area contributed by atoms with Gasteiger partial charge in [0.2, 0.25) is 0 Å². The molecule has 0 aliphatic heterocycles. The van der Waals surface area contributed by atoms with Crippen molar-refractivity contribution in [3.05, 3.63) is 0 Å². The summed E-state index contributed by atoms with van der Waals surface area (Å²) in [7, 11) is 0. The van der Waals surface area contributed by atoms with E-state index in [-0.39, 0.29) is 7.43 Å². The molecule has 0 aliphatic rings. The Bertz CT molecular complexity index is 34.3. The Hall–Kier alpha value is -0.560. The van der Waals surface area contributed by atoms with Crippen LogP contribution in [0.2, 0.25) is 19.8 Å². The molecule has 0 saturated carbocycles. The Morgan fingerprint density at radius 1 is 0.267 bits per heavy atom. The highest BCUT2D eigenvalue weighted by Gasteiger charge is -0.0775. The molecule has 0 atom stereocenters. The van der Waals surface area contributed by atoms with Gasteiger partial charge < -0.3 is 86.0 Å². The Kier molecular flexibility index (Phi) is 6380. The van der Waals surface area contributed by atoms with Crippen LogP contribution in [0, 0.1) is 0 Å². The van der Waals surface area contributed by atoms with E-state index in [9.17, 15) is 0 Å². The van der Waals surface area contributed by atoms with Gasteiger partial charge >= 0.3 is 0 Å². The van der Waals surface area contributed by atoms with Crippen molar-refractivity contribution >= 4 is 0 Å². The molecule has 0 rings (SSSR count). The van der Waals surface area contributed by atoms with Crippen LogP contribution in [0.3, 0.4) is 0 Å². The molecule has 15 heavy (non-hydrogen) atoms. The number of hydrogen-bond acceptors (Lipinski definition) is 14. The maximum Gasteiger partial charge on any atom is 0.115 e. The molecule has 0 fully saturated rings. The normalized spacial score (nSPS) is 6.53. The maximum absolute atomic E-state index is 5.25. The van der Waals surface area contributed by atoms with Gasteiger partial charge in [-0.25, -0.2) is 0 Å². The van der Waals surface area contributed by atoms with Gasteiger partial charge in [-0.15, -0.1) is 0 Å². The Morgan fingerprint density at radius 2 is 0.267 bits per heavy atom. The van der Waals surface area contributed by atoms with Gasteiger partial charge in [0.25, 0.3) is 0 Å². The molecule has 0 aliphatic carbocycles. The van der Waals surface area contributed by atoms with Gasteiger partial charge in [-0.05, 0) is 0 Å². The van der Waals surface area contributed by atoms with Crippen molar-refractivity contribution in [1.82, 2.24) is 86.0 Å². The summed E-state index contributed by atoms with van der Waals surface area (Å²) in [5, 5.41) is 0. The second kappa shape index (κ2) is 6630. The summed E-state index contributed by atoms with van der Waals surface area (Å²) in [6.07, 6.45) is 52.5. The molecule has 0 aromatic carbocycles. The average molecular weight is 269 g/mol. The molecule has 0 amide bonds. The molecule has 0 radical (unpaired) electrons. The number of hydrogen-bond donors (Lipinski definition) is 14. The van der Waals surface area contributed by atoms with Gasteiger partial charge in [-0.3, -0.25) is 0 Å². The zero-order valence-corrected chi connectivity index (χ0v) is 8.08. The summed E-state index contributed by atoms with van der Waals surface area (Å²) in [6, 6.07) is 0. The molecule has 0 bridgehead atoms. The smallest absolute Gasteiger partial charge is 0.115 e. The van der Waals surface area contributed by atoms with Gasteiger partial charge in [0.1, 0.15) is 19.8 Å². The Labute approximate surface area is 115 Å². The fourth-order valence-corrected chi connectivity index (χ4v) is 0. The predicted molar refractivity (Wildman–Crippen MR) is 77.0 cm³/mol. The first-order valence-corrected chi connectivity index (χ1v) is 0. The van der Waals surface area contributed by atoms with E-state index >= 15 is 0 Å². The fraction of sp³-hybridized carbons (Fsp3) is 1.00. The van der Waals surface area contributed by atoms with Crippen LogP contribution in [0.15, 0.2) is 0 Å². The lowest BCUT2D eigenvalue weighted by Crippen LogP contribution is -0.482. The fourth-order valence-electron chi connectivity index (χ4n) is 0. The molecular weight excluding hydrogens is 208 g/mol. The molecule has 0 heterocycles. The summed E-state index contributed by atoms with van der Waals surface area (Å²) in [4.78, 5) is 0. The van der Waals surface area contributed by atoms with Crippen LogP contribution < -0.4 is 86.0 Å². The summed E-state index contributed by atoms with van der Waals surface area (Å²) in [5.41, 5.74) is 0. The first-order valence-electron chi connectivity index (χ1n) is 8.08. The van der Waals surface area contributed by atoms with Crippen LogP contribution in [0.1, 0.15) is 7.43 Å². The van der Waals surface area contributed by atoms with Crippen molar-refractivity contribution in [2.45, 2.75) is 7.43 Å². The molecule has 42 N–H and O–H groups in total. The standard InChI is InChI=1S/CH4.14H3N/h1H4;14*1H3/i/hD14. The molecule has 0 saturated heterocycles. The lowest BCUT2D eigenvalue weighted by Gasteiger charge is -0.345. The van der Waals surface area contributed by atoms with Crippen LogP contribution >= 0.6 is 0 Å². The first kappa shape index (κ1) is 14.4. The van der Waals surface area contributed by atoms with Crippen molar-refractivity contribution in [3.63, 3.8) is 0 Å². The first-order chi connectivity index (χ1) is 14.0. The van der Waals surface area contributed by atoms with E-state index in [1.54, 1.807) is 0 Å². The zero-order chi connectivity index (χ0) is 28.0.